The van der Waals surface area contributed by atoms with Gasteiger partial charge in [0.25, 0.3) is 0 Å². The van der Waals surface area contributed by atoms with Gasteiger partial charge in [-0.15, -0.1) is 0 Å². The molecule has 0 amide bonds. The van der Waals surface area contributed by atoms with Crippen LogP contribution < -0.4 is 20.7 Å². The first kappa shape index (κ1) is 16.5. The molecule has 0 bridgehead atoms. The molecule has 0 nitrogen and oxygen atoms in total. The Balaban J connectivity index is 0.00000180. The summed E-state index contributed by atoms with van der Waals surface area (Å²) in [5.41, 5.74) is 0. The van der Waals surface area contributed by atoms with Gasteiger partial charge in [-0.1, -0.05) is 0 Å². The molecule has 0 spiro atoms. The Morgan fingerprint density at radius 3 is 1.21 bits per heavy atom. The summed E-state index contributed by atoms with van der Waals surface area (Å²) in [6.45, 7) is 0. The molecule has 2 rings (SSSR count). The molecule has 0 N–H and O–H groups in total. The van der Waals surface area contributed by atoms with E-state index in [9.17, 15) is 30.7 Å². The van der Waals surface area contributed by atoms with Crippen LogP contribution in [0.1, 0.15) is 0 Å². The summed E-state index contributed by atoms with van der Waals surface area (Å²) in [7, 11) is 0. The molecule has 0 aliphatic heterocycles. The third-order valence-corrected chi connectivity index (χ3v) is 3.05. The fourth-order valence-electron chi connectivity index (χ4n) is 1.53. The van der Waals surface area contributed by atoms with Gasteiger partial charge in [-0.3, -0.25) is 0 Å². The Morgan fingerprint density at radius 2 is 0.789 bits per heavy atom. The zero-order chi connectivity index (χ0) is 13.8. The van der Waals surface area contributed by atoms with Gasteiger partial charge >= 0.3 is 108 Å². The van der Waals surface area contributed by atoms with Crippen molar-refractivity contribution in [1.82, 2.24) is 0 Å². The van der Waals surface area contributed by atoms with Crippen LogP contribution in [0, 0.1) is 40.7 Å². The van der Waals surface area contributed by atoms with Crippen LogP contribution in [-0.4, -0.2) is 21.7 Å². The summed E-state index contributed by atoms with van der Waals surface area (Å²) >= 11 is 0.533. The Labute approximate surface area is 124 Å². The van der Waals surface area contributed by atoms with E-state index in [0.717, 1.165) is 0 Å². The van der Waals surface area contributed by atoms with Gasteiger partial charge in [0.1, 0.15) is 0 Å². The molecule has 0 aliphatic rings. The summed E-state index contributed by atoms with van der Waals surface area (Å²) in [6.07, 6.45) is 0. The van der Waals surface area contributed by atoms with Crippen LogP contribution in [0.3, 0.4) is 0 Å². The number of halogens is 8. The predicted octanol–water partition coefficient (Wildman–Crippen LogP) is -0.389. The Bertz CT molecular complexity index is 573. The molecule has 0 unspecified atom stereocenters. The molecule has 0 saturated heterocycles. The number of hydrogen-bond donors (Lipinski definition) is 0. The van der Waals surface area contributed by atoms with Crippen molar-refractivity contribution >= 4 is 36.2 Å². The second-order valence-corrected chi connectivity index (χ2v) is 4.13. The molecule has 0 aromatic heterocycles. The van der Waals surface area contributed by atoms with Gasteiger partial charge in [-0.05, 0) is 0 Å². The van der Waals surface area contributed by atoms with Crippen molar-refractivity contribution in [2.24, 2.45) is 0 Å². The minimum atomic E-state index is -2.33. The molecule has 98 valence electrons. The van der Waals surface area contributed by atoms with Crippen molar-refractivity contribution in [1.29, 1.82) is 0 Å². The van der Waals surface area contributed by atoms with Crippen LogP contribution in [0.4, 0.5) is 30.7 Å². The monoisotopic (exact) mass is 356 g/mol. The van der Waals surface area contributed by atoms with Gasteiger partial charge in [0, 0.05) is 0 Å². The molecule has 0 atom stereocenters. The summed E-state index contributed by atoms with van der Waals surface area (Å²) in [5.74, 6) is -14.3. The Hall–Kier alpha value is -0.544. The first-order valence-corrected chi connectivity index (χ1v) is 5.13. The normalized spacial score (nSPS) is 10.8. The van der Waals surface area contributed by atoms with Gasteiger partial charge in [0.2, 0.25) is 0 Å². The van der Waals surface area contributed by atoms with Crippen molar-refractivity contribution in [3.63, 3.8) is 0 Å². The Morgan fingerprint density at radius 1 is 0.474 bits per heavy atom. The van der Waals surface area contributed by atoms with Crippen molar-refractivity contribution in [2.45, 2.75) is 0 Å². The van der Waals surface area contributed by atoms with Crippen LogP contribution in [0.25, 0.3) is 10.8 Å². The fourth-order valence-corrected chi connectivity index (χ4v) is 1.87. The van der Waals surface area contributed by atoms with E-state index in [-0.39, 0.29) is 17.0 Å². The average molecular weight is 357 g/mol. The summed E-state index contributed by atoms with van der Waals surface area (Å²) < 4.78 is 91.4. The molecule has 9 heteroatoms. The van der Waals surface area contributed by atoms with Gasteiger partial charge in [-0.25, -0.2) is 0 Å². The van der Waals surface area contributed by atoms with E-state index in [0.29, 0.717) is 21.7 Å². The van der Waals surface area contributed by atoms with E-state index < -0.39 is 55.2 Å². The molecule has 0 radical (unpaired) electrons. The standard InChI is InChI=1S/C10F7.BrH.Mg/c11-2-1-3(12)6(13)5-4(2)7(14)9(16)10(17)8(5)15;;/h;1H;/q;;+1/p-1. The minimum absolute atomic E-state index is 0. The second kappa shape index (κ2) is 5.45. The van der Waals surface area contributed by atoms with E-state index in [1.165, 1.54) is 0 Å². The van der Waals surface area contributed by atoms with Crippen molar-refractivity contribution in [3.8, 4) is 0 Å². The Kier molecular flexibility index (Phi) is 4.73. The van der Waals surface area contributed by atoms with E-state index in [1.54, 1.807) is 0 Å². The third kappa shape index (κ3) is 2.21. The molecule has 2 aromatic rings. The van der Waals surface area contributed by atoms with Crippen LogP contribution in [0.5, 0.6) is 0 Å². The van der Waals surface area contributed by atoms with Crippen molar-refractivity contribution in [2.75, 3.05) is 0 Å². The van der Waals surface area contributed by atoms with Crippen LogP contribution in [-0.2, 0) is 0 Å². The van der Waals surface area contributed by atoms with Gasteiger partial charge in [0.15, 0.2) is 0 Å². The van der Waals surface area contributed by atoms with E-state index in [4.69, 9.17) is 0 Å². The van der Waals surface area contributed by atoms with Crippen molar-refractivity contribution < 1.29 is 47.7 Å². The minimum Gasteiger partial charge on any atom is -1.00 e. The van der Waals surface area contributed by atoms with E-state index in [2.05, 4.69) is 0 Å². The maximum atomic E-state index is 13.5. The quantitative estimate of drug-likeness (QED) is 0.261. The summed E-state index contributed by atoms with van der Waals surface area (Å²) in [6, 6.07) is 0. The maximum Gasteiger partial charge on any atom is -1.00 e. The van der Waals surface area contributed by atoms with Crippen LogP contribution in [0.15, 0.2) is 0 Å². The molecule has 0 heterocycles. The largest absolute Gasteiger partial charge is 1.00 e. The smallest absolute Gasteiger partial charge is 1.00 e. The molecule has 19 heavy (non-hydrogen) atoms. The first-order valence-electron chi connectivity index (χ1n) is 4.43. The topological polar surface area (TPSA) is 0 Å². The molecule has 2 aromatic carbocycles. The van der Waals surface area contributed by atoms with E-state index >= 15 is 0 Å². The molecule has 0 aliphatic carbocycles. The van der Waals surface area contributed by atoms with Crippen LogP contribution >= 0.6 is 0 Å². The number of hydrogen-bond acceptors (Lipinski definition) is 0. The van der Waals surface area contributed by atoms with Gasteiger partial charge in [0.05, 0.1) is 0 Å². The second-order valence-electron chi connectivity index (χ2n) is 3.43. The zero-order valence-electron chi connectivity index (χ0n) is 8.73. The van der Waals surface area contributed by atoms with Gasteiger partial charge in [-0.2, -0.15) is 0 Å². The maximum absolute atomic E-state index is 13.5. The predicted molar refractivity (Wildman–Crippen MR) is 49.0 cm³/mol. The average Bonchev–Trinajstić information content (AvgIpc) is 2.35. The number of benzene rings is 2. The molecular formula is C10BrF7Mg. The SMILES string of the molecule is Fc1c(F)c(F)c2c(F)[c]([Mg+])c(F)c(F)c2c1F.[Br-]. The number of fused-ring (bicyclic) bond motifs is 1. The molecular weight excluding hydrogens is 357 g/mol. The summed E-state index contributed by atoms with van der Waals surface area (Å²) in [4.78, 5) is 0. The van der Waals surface area contributed by atoms with Gasteiger partial charge < -0.3 is 17.0 Å². The molecule has 0 saturated carbocycles. The van der Waals surface area contributed by atoms with E-state index in [1.807, 2.05) is 0 Å². The van der Waals surface area contributed by atoms with Crippen LogP contribution in [0.2, 0.25) is 0 Å². The zero-order valence-corrected chi connectivity index (χ0v) is 11.7. The van der Waals surface area contributed by atoms with Crippen molar-refractivity contribution in [3.05, 3.63) is 40.7 Å². The third-order valence-electron chi connectivity index (χ3n) is 2.43. The molecule has 0 fully saturated rings. The number of rotatable bonds is 0. The fraction of sp³-hybridized carbons (Fsp3) is 0. The first-order chi connectivity index (χ1) is 8.29. The summed E-state index contributed by atoms with van der Waals surface area (Å²) in [5, 5.41) is -3.04.